The van der Waals surface area contributed by atoms with Crippen molar-refractivity contribution in [1.82, 2.24) is 0 Å². The molecule has 0 radical (unpaired) electrons. The maximum absolute atomic E-state index is 10.6. The van der Waals surface area contributed by atoms with Crippen molar-refractivity contribution in [3.63, 3.8) is 0 Å². The van der Waals surface area contributed by atoms with E-state index in [4.69, 9.17) is 16.3 Å². The quantitative estimate of drug-likeness (QED) is 0.702. The molecule has 0 saturated heterocycles. The molecule has 0 unspecified atom stereocenters. The predicted molar refractivity (Wildman–Crippen MR) is 56.4 cm³/mol. The van der Waals surface area contributed by atoms with E-state index in [0.717, 1.165) is 10.6 Å². The highest BCUT2D eigenvalue weighted by Gasteiger charge is 1.95. The highest BCUT2D eigenvalue weighted by Crippen LogP contribution is 2.10. The Bertz CT molecular complexity index is 293. The Morgan fingerprint density at radius 2 is 2.00 bits per heavy atom. The number of halogens is 1. The maximum atomic E-state index is 10.6. The molecule has 0 aliphatic carbocycles. The Hall–Kier alpha value is -0.860. The summed E-state index contributed by atoms with van der Waals surface area (Å²) in [5.74, 6) is 0.154. The lowest BCUT2D eigenvalue weighted by molar-refractivity contribution is -0.118. The molecule has 0 spiro atoms. The Balaban J connectivity index is 2.25. The van der Waals surface area contributed by atoms with Crippen molar-refractivity contribution in [1.29, 1.82) is 0 Å². The first-order valence-corrected chi connectivity index (χ1v) is 4.88. The predicted octanol–water partition coefficient (Wildman–Crippen LogP) is 2.84. The van der Waals surface area contributed by atoms with Crippen LogP contribution >= 0.6 is 11.6 Å². The molecule has 0 heterocycles. The molecular weight excluding hydrogens is 200 g/mol. The van der Waals surface area contributed by atoms with Crippen LogP contribution in [-0.4, -0.2) is 12.4 Å². The van der Waals surface area contributed by atoms with Gasteiger partial charge in [0.05, 0.1) is 13.2 Å². The van der Waals surface area contributed by atoms with Gasteiger partial charge in [0.15, 0.2) is 0 Å². The molecule has 3 heteroatoms. The fourth-order valence-corrected chi connectivity index (χ4v) is 1.11. The number of carbonyl (C=O) groups is 1. The average molecular weight is 213 g/mol. The number of ketones is 1. The molecule has 76 valence electrons. The first kappa shape index (κ1) is 11.2. The van der Waals surface area contributed by atoms with Gasteiger partial charge in [-0.25, -0.2) is 0 Å². The summed E-state index contributed by atoms with van der Waals surface area (Å²) in [6.45, 7) is 2.58. The molecule has 0 saturated carbocycles. The van der Waals surface area contributed by atoms with Crippen LogP contribution in [0.3, 0.4) is 0 Å². The molecule has 1 aromatic rings. The number of hydrogen-bond donors (Lipinski definition) is 0. The van der Waals surface area contributed by atoms with Crippen LogP contribution in [0.4, 0.5) is 0 Å². The largest absolute Gasteiger partial charge is 0.376 e. The average Bonchev–Trinajstić information content (AvgIpc) is 2.15. The minimum atomic E-state index is 0.154. The fourth-order valence-electron chi connectivity index (χ4n) is 0.987. The van der Waals surface area contributed by atoms with Gasteiger partial charge in [0, 0.05) is 11.4 Å². The van der Waals surface area contributed by atoms with Crippen molar-refractivity contribution in [3.8, 4) is 0 Å². The Morgan fingerprint density at radius 3 is 2.57 bits per heavy atom. The summed E-state index contributed by atoms with van der Waals surface area (Å²) in [6, 6.07) is 7.47. The molecule has 0 aliphatic rings. The summed E-state index contributed by atoms with van der Waals surface area (Å²) in [5.41, 5.74) is 1.07. The normalized spacial score (nSPS) is 10.1. The summed E-state index contributed by atoms with van der Waals surface area (Å²) >= 11 is 5.73. The van der Waals surface area contributed by atoms with Crippen LogP contribution in [0.25, 0.3) is 0 Å². The van der Waals surface area contributed by atoms with E-state index in [9.17, 15) is 4.79 Å². The molecule has 0 atom stereocenters. The molecule has 0 N–H and O–H groups in total. The molecule has 0 aliphatic heterocycles. The van der Waals surface area contributed by atoms with Gasteiger partial charge in [-0.3, -0.25) is 4.79 Å². The number of rotatable bonds is 5. The van der Waals surface area contributed by atoms with E-state index >= 15 is 0 Å². The van der Waals surface area contributed by atoms with E-state index in [0.29, 0.717) is 19.6 Å². The number of carbonyl (C=O) groups excluding carboxylic acids is 1. The van der Waals surface area contributed by atoms with E-state index < -0.39 is 0 Å². The van der Waals surface area contributed by atoms with Crippen LogP contribution < -0.4 is 0 Å². The smallest absolute Gasteiger partial charge is 0.132 e. The van der Waals surface area contributed by atoms with Gasteiger partial charge in [0.1, 0.15) is 5.78 Å². The molecule has 0 fully saturated rings. The summed E-state index contributed by atoms with van der Waals surface area (Å²) in [4.78, 5) is 10.6. The van der Waals surface area contributed by atoms with Crippen LogP contribution in [0.15, 0.2) is 24.3 Å². The molecule has 1 rings (SSSR count). The van der Waals surface area contributed by atoms with Gasteiger partial charge in [-0.15, -0.1) is 0 Å². The van der Waals surface area contributed by atoms with Crippen LogP contribution in [0.5, 0.6) is 0 Å². The Labute approximate surface area is 88.8 Å². The van der Waals surface area contributed by atoms with Crippen molar-refractivity contribution in [2.24, 2.45) is 0 Å². The maximum Gasteiger partial charge on any atom is 0.132 e. The zero-order valence-corrected chi connectivity index (χ0v) is 8.88. The highest BCUT2D eigenvalue weighted by atomic mass is 35.5. The molecule has 14 heavy (non-hydrogen) atoms. The Morgan fingerprint density at radius 1 is 1.36 bits per heavy atom. The van der Waals surface area contributed by atoms with E-state index in [2.05, 4.69) is 0 Å². The van der Waals surface area contributed by atoms with Crippen LogP contribution in [0.1, 0.15) is 18.9 Å². The number of Topliss-reactive ketones (excluding diaryl/α,β-unsaturated/α-hetero) is 1. The first-order chi connectivity index (χ1) is 6.68. The molecule has 0 bridgehead atoms. The van der Waals surface area contributed by atoms with Gasteiger partial charge in [-0.2, -0.15) is 0 Å². The van der Waals surface area contributed by atoms with E-state index in [1.54, 1.807) is 6.92 Å². The van der Waals surface area contributed by atoms with Gasteiger partial charge in [0.25, 0.3) is 0 Å². The first-order valence-electron chi connectivity index (χ1n) is 4.50. The van der Waals surface area contributed by atoms with Crippen LogP contribution in [0, 0.1) is 0 Å². The third-order valence-corrected chi connectivity index (χ3v) is 2.03. The molecule has 0 aromatic heterocycles. The third-order valence-electron chi connectivity index (χ3n) is 1.78. The van der Waals surface area contributed by atoms with Crippen molar-refractivity contribution < 1.29 is 9.53 Å². The topological polar surface area (TPSA) is 26.3 Å². The Kier molecular flexibility index (Phi) is 4.63. The summed E-state index contributed by atoms with van der Waals surface area (Å²) < 4.78 is 5.31. The number of ether oxygens (including phenoxy) is 1. The van der Waals surface area contributed by atoms with Crippen LogP contribution in [0.2, 0.25) is 5.02 Å². The van der Waals surface area contributed by atoms with Gasteiger partial charge in [-0.05, 0) is 24.6 Å². The third kappa shape index (κ3) is 4.40. The second-order valence-corrected chi connectivity index (χ2v) is 3.57. The van der Waals surface area contributed by atoms with Crippen molar-refractivity contribution in [3.05, 3.63) is 34.9 Å². The van der Waals surface area contributed by atoms with Crippen LogP contribution in [-0.2, 0) is 16.1 Å². The van der Waals surface area contributed by atoms with Crippen molar-refractivity contribution in [2.75, 3.05) is 6.61 Å². The van der Waals surface area contributed by atoms with Crippen molar-refractivity contribution in [2.45, 2.75) is 20.0 Å². The zero-order valence-electron chi connectivity index (χ0n) is 8.13. The van der Waals surface area contributed by atoms with Gasteiger partial charge >= 0.3 is 0 Å². The SMILES string of the molecule is CC(=O)CCOCc1ccc(Cl)cc1. The van der Waals surface area contributed by atoms with E-state index in [-0.39, 0.29) is 5.78 Å². The van der Waals surface area contributed by atoms with E-state index in [1.165, 1.54) is 0 Å². The summed E-state index contributed by atoms with van der Waals surface area (Å²) in [5, 5.41) is 0.720. The number of hydrogen-bond acceptors (Lipinski definition) is 2. The molecular formula is C11H13ClO2. The molecule has 1 aromatic carbocycles. The van der Waals surface area contributed by atoms with Gasteiger partial charge in [0.2, 0.25) is 0 Å². The van der Waals surface area contributed by atoms with Gasteiger partial charge in [-0.1, -0.05) is 23.7 Å². The standard InChI is InChI=1S/C11H13ClO2/c1-9(13)6-7-14-8-10-2-4-11(12)5-3-10/h2-5H,6-8H2,1H3. The second-order valence-electron chi connectivity index (χ2n) is 3.13. The summed E-state index contributed by atoms with van der Waals surface area (Å²) in [7, 11) is 0. The summed E-state index contributed by atoms with van der Waals surface area (Å²) in [6.07, 6.45) is 0.480. The molecule has 2 nitrogen and oxygen atoms in total. The van der Waals surface area contributed by atoms with Crippen molar-refractivity contribution >= 4 is 17.4 Å². The minimum Gasteiger partial charge on any atom is -0.376 e. The zero-order chi connectivity index (χ0) is 10.4. The minimum absolute atomic E-state index is 0.154. The van der Waals surface area contributed by atoms with Gasteiger partial charge < -0.3 is 4.74 Å². The molecule has 0 amide bonds. The lowest BCUT2D eigenvalue weighted by Gasteiger charge is -2.02. The second kappa shape index (κ2) is 5.78. The fraction of sp³-hybridized carbons (Fsp3) is 0.364. The van der Waals surface area contributed by atoms with E-state index in [1.807, 2.05) is 24.3 Å². The highest BCUT2D eigenvalue weighted by molar-refractivity contribution is 6.30. The lowest BCUT2D eigenvalue weighted by atomic mass is 10.2. The lowest BCUT2D eigenvalue weighted by Crippen LogP contribution is -2.00. The number of benzene rings is 1. The monoisotopic (exact) mass is 212 g/mol.